The first-order chi connectivity index (χ1) is 9.47. The molecule has 1 N–H and O–H groups in total. The topological polar surface area (TPSA) is 35.6 Å². The summed E-state index contributed by atoms with van der Waals surface area (Å²) in [6, 6.07) is 6.47. The van der Waals surface area contributed by atoms with E-state index < -0.39 is 0 Å². The number of carbonyl (C=O) groups is 1. The first-order valence-electron chi connectivity index (χ1n) is 6.90. The number of halogens is 1. The average Bonchev–Trinajstić information content (AvgIpc) is 3.20. The molecule has 0 aromatic heterocycles. The van der Waals surface area contributed by atoms with Crippen LogP contribution < -0.4 is 10.2 Å². The van der Waals surface area contributed by atoms with Crippen molar-refractivity contribution in [3.63, 3.8) is 0 Å². The summed E-state index contributed by atoms with van der Waals surface area (Å²) in [7, 11) is 5.48. The van der Waals surface area contributed by atoms with Crippen LogP contribution in [0, 0.1) is 0 Å². The lowest BCUT2D eigenvalue weighted by Gasteiger charge is -2.24. The van der Waals surface area contributed by atoms with Crippen molar-refractivity contribution >= 4 is 23.2 Å². The van der Waals surface area contributed by atoms with Gasteiger partial charge in [0.2, 0.25) is 5.91 Å². The molecular formula is C15H22ClN3O. The molecule has 1 fully saturated rings. The van der Waals surface area contributed by atoms with Crippen molar-refractivity contribution in [3.8, 4) is 0 Å². The molecule has 20 heavy (non-hydrogen) atoms. The molecule has 0 atom stereocenters. The van der Waals surface area contributed by atoms with E-state index in [2.05, 4.69) is 5.32 Å². The Kier molecular flexibility index (Phi) is 4.89. The number of hydrogen-bond acceptors (Lipinski definition) is 3. The van der Waals surface area contributed by atoms with Gasteiger partial charge in [-0.3, -0.25) is 4.79 Å². The van der Waals surface area contributed by atoms with Gasteiger partial charge in [0.05, 0.1) is 6.54 Å². The zero-order valence-electron chi connectivity index (χ0n) is 12.3. The number of amides is 1. The van der Waals surface area contributed by atoms with Crippen molar-refractivity contribution < 1.29 is 4.79 Å². The highest BCUT2D eigenvalue weighted by atomic mass is 35.5. The Morgan fingerprint density at radius 1 is 1.35 bits per heavy atom. The molecule has 1 aliphatic carbocycles. The smallest absolute Gasteiger partial charge is 0.241 e. The molecule has 0 saturated heterocycles. The van der Waals surface area contributed by atoms with Gasteiger partial charge in [-0.1, -0.05) is 11.6 Å². The van der Waals surface area contributed by atoms with Gasteiger partial charge in [0.1, 0.15) is 0 Å². The molecule has 0 spiro atoms. The standard InChI is InChI=1S/C15H22ClN3O/c1-18(2)15(20)10-19(3)14-7-4-12(16)8-11(14)9-17-13-5-6-13/h4,7-8,13,17H,5-6,9-10H2,1-3H3. The second kappa shape index (κ2) is 6.46. The van der Waals surface area contributed by atoms with Crippen molar-refractivity contribution in [2.75, 3.05) is 32.6 Å². The third-order valence-electron chi connectivity index (χ3n) is 3.48. The number of rotatable bonds is 6. The van der Waals surface area contributed by atoms with Gasteiger partial charge in [0.25, 0.3) is 0 Å². The van der Waals surface area contributed by atoms with Gasteiger partial charge in [-0.25, -0.2) is 0 Å². The number of carbonyl (C=O) groups excluding carboxylic acids is 1. The molecule has 0 aliphatic heterocycles. The second-order valence-corrected chi connectivity index (χ2v) is 6.01. The SMILES string of the molecule is CN(C)C(=O)CN(C)c1ccc(Cl)cc1CNC1CC1. The molecule has 0 radical (unpaired) electrons. The fourth-order valence-corrected chi connectivity index (χ4v) is 2.23. The van der Waals surface area contributed by atoms with Crippen LogP contribution in [0.4, 0.5) is 5.69 Å². The van der Waals surface area contributed by atoms with E-state index in [9.17, 15) is 4.79 Å². The minimum Gasteiger partial charge on any atom is -0.365 e. The van der Waals surface area contributed by atoms with Gasteiger partial charge in [-0.2, -0.15) is 0 Å². The third kappa shape index (κ3) is 4.12. The highest BCUT2D eigenvalue weighted by Crippen LogP contribution is 2.25. The number of hydrogen-bond donors (Lipinski definition) is 1. The summed E-state index contributed by atoms with van der Waals surface area (Å²) < 4.78 is 0. The van der Waals surface area contributed by atoms with Crippen LogP contribution in [-0.2, 0) is 11.3 Å². The van der Waals surface area contributed by atoms with Crippen LogP contribution in [0.15, 0.2) is 18.2 Å². The maximum atomic E-state index is 11.8. The fraction of sp³-hybridized carbons (Fsp3) is 0.533. The maximum Gasteiger partial charge on any atom is 0.241 e. The summed E-state index contributed by atoms with van der Waals surface area (Å²) in [5.74, 6) is 0.0866. The number of nitrogens with one attached hydrogen (secondary N) is 1. The fourth-order valence-electron chi connectivity index (χ4n) is 2.04. The summed E-state index contributed by atoms with van der Waals surface area (Å²) in [5, 5.41) is 4.22. The number of anilines is 1. The van der Waals surface area contributed by atoms with E-state index in [0.29, 0.717) is 12.6 Å². The molecular weight excluding hydrogens is 274 g/mol. The minimum absolute atomic E-state index is 0.0866. The van der Waals surface area contributed by atoms with E-state index in [1.54, 1.807) is 19.0 Å². The van der Waals surface area contributed by atoms with Gasteiger partial charge in [0.15, 0.2) is 0 Å². The molecule has 2 rings (SSSR count). The molecule has 1 aromatic carbocycles. The van der Waals surface area contributed by atoms with Crippen molar-refractivity contribution in [1.29, 1.82) is 0 Å². The predicted octanol–water partition coefficient (Wildman–Crippen LogP) is 2.12. The maximum absolute atomic E-state index is 11.8. The average molecular weight is 296 g/mol. The minimum atomic E-state index is 0.0866. The molecule has 0 unspecified atom stereocenters. The lowest BCUT2D eigenvalue weighted by atomic mass is 10.1. The summed E-state index contributed by atoms with van der Waals surface area (Å²) in [4.78, 5) is 15.4. The Labute approximate surface area is 125 Å². The van der Waals surface area contributed by atoms with Crippen LogP contribution in [0.2, 0.25) is 5.02 Å². The van der Waals surface area contributed by atoms with E-state index >= 15 is 0 Å². The molecule has 4 nitrogen and oxygen atoms in total. The van der Waals surface area contributed by atoms with Gasteiger partial charge in [-0.05, 0) is 36.6 Å². The summed E-state index contributed by atoms with van der Waals surface area (Å²) in [5.41, 5.74) is 2.19. The summed E-state index contributed by atoms with van der Waals surface area (Å²) in [6.45, 7) is 1.16. The second-order valence-electron chi connectivity index (χ2n) is 5.57. The Morgan fingerprint density at radius 3 is 2.65 bits per heavy atom. The van der Waals surface area contributed by atoms with Crippen LogP contribution in [-0.4, -0.2) is 44.5 Å². The lowest BCUT2D eigenvalue weighted by molar-refractivity contribution is -0.127. The molecule has 5 heteroatoms. The molecule has 1 amide bonds. The first kappa shape index (κ1) is 15.1. The van der Waals surface area contributed by atoms with Crippen LogP contribution in [0.5, 0.6) is 0 Å². The van der Waals surface area contributed by atoms with E-state index in [4.69, 9.17) is 11.6 Å². The predicted molar refractivity (Wildman–Crippen MR) is 83.3 cm³/mol. The largest absolute Gasteiger partial charge is 0.365 e. The first-order valence-corrected chi connectivity index (χ1v) is 7.28. The molecule has 1 saturated carbocycles. The van der Waals surface area contributed by atoms with Crippen LogP contribution in [0.3, 0.4) is 0 Å². The monoisotopic (exact) mass is 295 g/mol. The molecule has 0 heterocycles. The van der Waals surface area contributed by atoms with Gasteiger partial charge in [-0.15, -0.1) is 0 Å². The Bertz CT molecular complexity index is 486. The van der Waals surface area contributed by atoms with E-state index in [1.165, 1.54) is 12.8 Å². The zero-order valence-corrected chi connectivity index (χ0v) is 13.1. The lowest BCUT2D eigenvalue weighted by Crippen LogP contribution is -2.35. The molecule has 1 aliphatic rings. The Balaban J connectivity index is 2.09. The zero-order chi connectivity index (χ0) is 14.7. The Hall–Kier alpha value is -1.26. The van der Waals surface area contributed by atoms with Crippen LogP contribution in [0.1, 0.15) is 18.4 Å². The van der Waals surface area contributed by atoms with Gasteiger partial charge < -0.3 is 15.1 Å². The number of nitrogens with zero attached hydrogens (tertiary/aromatic N) is 2. The van der Waals surface area contributed by atoms with Crippen molar-refractivity contribution in [3.05, 3.63) is 28.8 Å². The van der Waals surface area contributed by atoms with Crippen LogP contribution in [0.25, 0.3) is 0 Å². The van der Waals surface area contributed by atoms with Crippen molar-refractivity contribution in [1.82, 2.24) is 10.2 Å². The van der Waals surface area contributed by atoms with E-state index in [1.807, 2.05) is 30.1 Å². The van der Waals surface area contributed by atoms with Crippen molar-refractivity contribution in [2.45, 2.75) is 25.4 Å². The summed E-state index contributed by atoms with van der Waals surface area (Å²) >= 11 is 6.09. The number of benzene rings is 1. The molecule has 1 aromatic rings. The Morgan fingerprint density at radius 2 is 2.05 bits per heavy atom. The van der Waals surface area contributed by atoms with E-state index in [-0.39, 0.29) is 5.91 Å². The number of likely N-dealkylation sites (N-methyl/N-ethyl adjacent to an activating group) is 2. The highest BCUT2D eigenvalue weighted by Gasteiger charge is 2.21. The van der Waals surface area contributed by atoms with Gasteiger partial charge >= 0.3 is 0 Å². The summed E-state index contributed by atoms with van der Waals surface area (Å²) in [6.07, 6.45) is 2.51. The van der Waals surface area contributed by atoms with Crippen molar-refractivity contribution in [2.24, 2.45) is 0 Å². The molecule has 110 valence electrons. The van der Waals surface area contributed by atoms with Crippen LogP contribution >= 0.6 is 11.6 Å². The normalized spacial score (nSPS) is 14.2. The third-order valence-corrected chi connectivity index (χ3v) is 3.72. The highest BCUT2D eigenvalue weighted by molar-refractivity contribution is 6.30. The molecule has 0 bridgehead atoms. The quantitative estimate of drug-likeness (QED) is 0.873. The van der Waals surface area contributed by atoms with Gasteiger partial charge in [0, 0.05) is 44.4 Å². The van der Waals surface area contributed by atoms with E-state index in [0.717, 1.165) is 22.8 Å².